The fourth-order valence-electron chi connectivity index (χ4n) is 2.97. The highest BCUT2D eigenvalue weighted by atomic mass is 35.5. The molecule has 0 bridgehead atoms. The van der Waals surface area contributed by atoms with Crippen molar-refractivity contribution in [2.24, 2.45) is 0 Å². The van der Waals surface area contributed by atoms with Gasteiger partial charge in [0.15, 0.2) is 0 Å². The van der Waals surface area contributed by atoms with E-state index in [0.717, 1.165) is 32.2 Å². The molecule has 1 heterocycles. The third-order valence-electron chi connectivity index (χ3n) is 4.10. The summed E-state index contributed by atoms with van der Waals surface area (Å²) in [6.07, 6.45) is 6.86. The largest absolute Gasteiger partial charge is 0.352 e. The summed E-state index contributed by atoms with van der Waals surface area (Å²) < 4.78 is 0. The molecule has 1 aliphatic carbocycles. The molecule has 0 radical (unpaired) electrons. The van der Waals surface area contributed by atoms with Crippen LogP contribution in [0.15, 0.2) is 0 Å². The SMILES string of the molecule is CN(C)C1CCCC(NC(=O)[C@@H]2CCCN2)C1.Cl. The van der Waals surface area contributed by atoms with Crippen LogP contribution in [0, 0.1) is 0 Å². The molecule has 0 aromatic carbocycles. The van der Waals surface area contributed by atoms with Gasteiger partial charge in [0, 0.05) is 12.1 Å². The maximum atomic E-state index is 12.0. The van der Waals surface area contributed by atoms with Gasteiger partial charge in [-0.25, -0.2) is 0 Å². The monoisotopic (exact) mass is 275 g/mol. The van der Waals surface area contributed by atoms with Gasteiger partial charge in [-0.1, -0.05) is 0 Å². The van der Waals surface area contributed by atoms with E-state index in [0.29, 0.717) is 12.1 Å². The van der Waals surface area contributed by atoms with E-state index in [1.165, 1.54) is 12.8 Å². The van der Waals surface area contributed by atoms with E-state index >= 15 is 0 Å². The van der Waals surface area contributed by atoms with Crippen LogP contribution in [0.1, 0.15) is 38.5 Å². The first-order valence-electron chi connectivity index (χ1n) is 6.87. The zero-order valence-electron chi connectivity index (χ0n) is 11.4. The van der Waals surface area contributed by atoms with Gasteiger partial charge in [-0.05, 0) is 59.2 Å². The molecule has 4 nitrogen and oxygen atoms in total. The first-order chi connectivity index (χ1) is 8.16. The molecule has 106 valence electrons. The lowest BCUT2D eigenvalue weighted by molar-refractivity contribution is -0.123. The van der Waals surface area contributed by atoms with Gasteiger partial charge in [0.05, 0.1) is 6.04 Å². The molecule has 2 aliphatic rings. The first-order valence-corrected chi connectivity index (χ1v) is 6.87. The number of carbonyl (C=O) groups excluding carboxylic acids is 1. The number of rotatable bonds is 3. The lowest BCUT2D eigenvalue weighted by Gasteiger charge is -2.34. The second-order valence-electron chi connectivity index (χ2n) is 5.64. The number of nitrogens with one attached hydrogen (secondary N) is 2. The molecule has 5 heteroatoms. The number of nitrogens with zero attached hydrogens (tertiary/aromatic N) is 1. The second-order valence-corrected chi connectivity index (χ2v) is 5.64. The van der Waals surface area contributed by atoms with E-state index < -0.39 is 0 Å². The van der Waals surface area contributed by atoms with Crippen LogP contribution in [-0.4, -0.2) is 49.6 Å². The first kappa shape index (κ1) is 15.7. The average Bonchev–Trinajstić information content (AvgIpc) is 2.82. The Balaban J connectivity index is 0.00000162. The van der Waals surface area contributed by atoms with Crippen molar-refractivity contribution in [2.75, 3.05) is 20.6 Å². The van der Waals surface area contributed by atoms with Crippen LogP contribution in [0.25, 0.3) is 0 Å². The second kappa shape index (κ2) is 7.31. The molecule has 0 aromatic rings. The smallest absolute Gasteiger partial charge is 0.237 e. The molecule has 2 rings (SSSR count). The number of carbonyl (C=O) groups is 1. The zero-order chi connectivity index (χ0) is 12.3. The van der Waals surface area contributed by atoms with Crippen LogP contribution in [0.3, 0.4) is 0 Å². The molecule has 2 unspecified atom stereocenters. The minimum atomic E-state index is 0. The van der Waals surface area contributed by atoms with E-state index in [1.807, 2.05) is 0 Å². The lowest BCUT2D eigenvalue weighted by Crippen LogP contribution is -2.48. The van der Waals surface area contributed by atoms with Crippen molar-refractivity contribution < 1.29 is 4.79 Å². The minimum Gasteiger partial charge on any atom is -0.352 e. The predicted octanol–water partition coefficient (Wildman–Crippen LogP) is 1.15. The van der Waals surface area contributed by atoms with Crippen molar-refractivity contribution in [1.29, 1.82) is 0 Å². The Labute approximate surface area is 116 Å². The van der Waals surface area contributed by atoms with Crippen molar-refractivity contribution in [3.8, 4) is 0 Å². The fraction of sp³-hybridized carbons (Fsp3) is 0.923. The van der Waals surface area contributed by atoms with Gasteiger partial charge in [0.25, 0.3) is 0 Å². The van der Waals surface area contributed by atoms with Crippen molar-refractivity contribution in [3.05, 3.63) is 0 Å². The van der Waals surface area contributed by atoms with Gasteiger partial charge in [0.2, 0.25) is 5.91 Å². The molecule has 1 saturated heterocycles. The molecule has 0 spiro atoms. The molecule has 2 fully saturated rings. The van der Waals surface area contributed by atoms with E-state index in [9.17, 15) is 4.79 Å². The summed E-state index contributed by atoms with van der Waals surface area (Å²) in [7, 11) is 4.26. The van der Waals surface area contributed by atoms with E-state index in [2.05, 4.69) is 29.6 Å². The van der Waals surface area contributed by atoms with Crippen LogP contribution >= 0.6 is 12.4 Å². The van der Waals surface area contributed by atoms with E-state index in [1.54, 1.807) is 0 Å². The Hall–Kier alpha value is -0.320. The molecular weight excluding hydrogens is 250 g/mol. The summed E-state index contributed by atoms with van der Waals surface area (Å²) in [6, 6.07) is 1.08. The normalized spacial score (nSPS) is 32.1. The van der Waals surface area contributed by atoms with Gasteiger partial charge < -0.3 is 15.5 Å². The van der Waals surface area contributed by atoms with Gasteiger partial charge in [-0.2, -0.15) is 0 Å². The molecule has 1 amide bonds. The highest BCUT2D eigenvalue weighted by molar-refractivity contribution is 5.85. The zero-order valence-corrected chi connectivity index (χ0v) is 12.3. The molecule has 1 aliphatic heterocycles. The summed E-state index contributed by atoms with van der Waals surface area (Å²) in [4.78, 5) is 14.3. The van der Waals surface area contributed by atoms with Crippen LogP contribution in [-0.2, 0) is 4.79 Å². The highest BCUT2D eigenvalue weighted by Gasteiger charge is 2.28. The predicted molar refractivity (Wildman–Crippen MR) is 76.1 cm³/mol. The number of hydrogen-bond acceptors (Lipinski definition) is 3. The summed E-state index contributed by atoms with van der Waals surface area (Å²) in [6.45, 7) is 0.989. The van der Waals surface area contributed by atoms with Crippen molar-refractivity contribution in [1.82, 2.24) is 15.5 Å². The minimum absolute atomic E-state index is 0. The molecular formula is C13H26ClN3O. The molecule has 2 N–H and O–H groups in total. The van der Waals surface area contributed by atoms with E-state index in [4.69, 9.17) is 0 Å². The van der Waals surface area contributed by atoms with Crippen molar-refractivity contribution in [3.63, 3.8) is 0 Å². The summed E-state index contributed by atoms with van der Waals surface area (Å²) >= 11 is 0. The summed E-state index contributed by atoms with van der Waals surface area (Å²) in [5.74, 6) is 0.215. The van der Waals surface area contributed by atoms with Crippen molar-refractivity contribution in [2.45, 2.75) is 56.7 Å². The standard InChI is InChI=1S/C13H25N3O.ClH/c1-16(2)11-6-3-5-10(9-11)15-13(17)12-7-4-8-14-12;/h10-12,14H,3-9H2,1-2H3,(H,15,17);1H/t10?,11?,12-;/m0./s1. The van der Waals surface area contributed by atoms with Gasteiger partial charge in [0.1, 0.15) is 0 Å². The highest BCUT2D eigenvalue weighted by Crippen LogP contribution is 2.21. The van der Waals surface area contributed by atoms with Crippen LogP contribution < -0.4 is 10.6 Å². The lowest BCUT2D eigenvalue weighted by atomic mass is 9.90. The van der Waals surface area contributed by atoms with Crippen LogP contribution in [0.2, 0.25) is 0 Å². The third-order valence-corrected chi connectivity index (χ3v) is 4.10. The van der Waals surface area contributed by atoms with Gasteiger partial charge in [-0.3, -0.25) is 4.79 Å². The quantitative estimate of drug-likeness (QED) is 0.812. The van der Waals surface area contributed by atoms with Crippen LogP contribution in [0.5, 0.6) is 0 Å². The van der Waals surface area contributed by atoms with Gasteiger partial charge >= 0.3 is 0 Å². The molecule has 0 aromatic heterocycles. The maximum absolute atomic E-state index is 12.0. The fourth-order valence-corrected chi connectivity index (χ4v) is 2.97. The molecule has 1 saturated carbocycles. The average molecular weight is 276 g/mol. The van der Waals surface area contributed by atoms with Crippen molar-refractivity contribution >= 4 is 18.3 Å². The molecule has 3 atom stereocenters. The topological polar surface area (TPSA) is 44.4 Å². The Morgan fingerprint density at radius 1 is 1.22 bits per heavy atom. The molecule has 18 heavy (non-hydrogen) atoms. The Morgan fingerprint density at radius 2 is 2.00 bits per heavy atom. The Morgan fingerprint density at radius 3 is 2.61 bits per heavy atom. The van der Waals surface area contributed by atoms with Crippen LogP contribution in [0.4, 0.5) is 0 Å². The van der Waals surface area contributed by atoms with E-state index in [-0.39, 0.29) is 24.4 Å². The number of hydrogen-bond donors (Lipinski definition) is 2. The Bertz CT molecular complexity index is 267. The maximum Gasteiger partial charge on any atom is 0.237 e. The number of halogens is 1. The summed E-state index contributed by atoms with van der Waals surface area (Å²) in [5, 5.41) is 6.48. The third kappa shape index (κ3) is 4.11. The number of amides is 1. The summed E-state index contributed by atoms with van der Waals surface area (Å²) in [5.41, 5.74) is 0. The Kier molecular flexibility index (Phi) is 6.39. The van der Waals surface area contributed by atoms with Gasteiger partial charge in [-0.15, -0.1) is 12.4 Å².